The number of rotatable bonds is 3. The van der Waals surface area contributed by atoms with E-state index in [1.807, 2.05) is 0 Å². The Morgan fingerprint density at radius 1 is 1.16 bits per heavy atom. The first kappa shape index (κ1) is 12.8. The quantitative estimate of drug-likeness (QED) is 0.899. The van der Waals surface area contributed by atoms with Crippen LogP contribution < -0.4 is 15.1 Å². The highest BCUT2D eigenvalue weighted by Gasteiger charge is 2.40. The van der Waals surface area contributed by atoms with E-state index in [9.17, 15) is 0 Å². The summed E-state index contributed by atoms with van der Waals surface area (Å²) in [5.41, 5.74) is 2.71. The summed E-state index contributed by atoms with van der Waals surface area (Å²) in [6, 6.07) is 11.2. The molecule has 0 aromatic heterocycles. The van der Waals surface area contributed by atoms with Gasteiger partial charge in [-0.15, -0.1) is 0 Å². The number of piperidine rings is 1. The maximum absolute atomic E-state index is 3.47. The van der Waals surface area contributed by atoms with E-state index in [4.69, 9.17) is 0 Å². The van der Waals surface area contributed by atoms with E-state index in [1.54, 1.807) is 0 Å². The maximum Gasteiger partial charge on any atom is 0.0392 e. The smallest absolute Gasteiger partial charge is 0.0392 e. The number of anilines is 2. The van der Waals surface area contributed by atoms with E-state index in [0.717, 1.165) is 12.1 Å². The van der Waals surface area contributed by atoms with Gasteiger partial charge in [0.2, 0.25) is 0 Å². The Kier molecular flexibility index (Phi) is 3.40. The molecule has 3 nitrogen and oxygen atoms in total. The van der Waals surface area contributed by atoms with Crippen molar-refractivity contribution < 1.29 is 0 Å². The van der Waals surface area contributed by atoms with Crippen LogP contribution in [0.15, 0.2) is 24.3 Å². The van der Waals surface area contributed by atoms with Crippen LogP contribution in [-0.2, 0) is 0 Å². The van der Waals surface area contributed by atoms with Crippen molar-refractivity contribution in [3.8, 4) is 0 Å². The number of benzene rings is 1. The van der Waals surface area contributed by atoms with Gasteiger partial charge in [-0.3, -0.25) is 0 Å². The Morgan fingerprint density at radius 2 is 1.84 bits per heavy atom. The Bertz CT molecular complexity index is 429. The van der Waals surface area contributed by atoms with Gasteiger partial charge in [0.05, 0.1) is 0 Å². The van der Waals surface area contributed by atoms with Crippen LogP contribution in [0.3, 0.4) is 0 Å². The summed E-state index contributed by atoms with van der Waals surface area (Å²) in [4.78, 5) is 4.87. The number of nitrogens with one attached hydrogen (secondary N) is 1. The molecule has 0 saturated carbocycles. The molecule has 2 aliphatic heterocycles. The molecule has 2 saturated heterocycles. The van der Waals surface area contributed by atoms with Crippen molar-refractivity contribution >= 4 is 11.4 Å². The summed E-state index contributed by atoms with van der Waals surface area (Å²) in [7, 11) is 6.33. The second-order valence-corrected chi connectivity index (χ2v) is 6.16. The van der Waals surface area contributed by atoms with Crippen molar-refractivity contribution in [2.45, 2.75) is 43.8 Å². The van der Waals surface area contributed by atoms with Crippen LogP contribution in [0, 0.1) is 0 Å². The number of hydrogen-bond acceptors (Lipinski definition) is 3. The molecule has 0 aliphatic carbocycles. The van der Waals surface area contributed by atoms with Crippen LogP contribution in [-0.4, -0.2) is 39.3 Å². The highest BCUT2D eigenvalue weighted by Crippen LogP contribution is 2.40. The molecular weight excluding hydrogens is 234 g/mol. The van der Waals surface area contributed by atoms with E-state index in [2.05, 4.69) is 60.5 Å². The minimum Gasteiger partial charge on any atom is -0.378 e. The fraction of sp³-hybridized carbons (Fsp3) is 0.625. The van der Waals surface area contributed by atoms with Gasteiger partial charge in [0, 0.05) is 43.6 Å². The first-order valence-corrected chi connectivity index (χ1v) is 7.42. The molecule has 0 radical (unpaired) electrons. The van der Waals surface area contributed by atoms with Gasteiger partial charge in [0.15, 0.2) is 0 Å². The Morgan fingerprint density at radius 3 is 2.42 bits per heavy atom. The summed E-state index contributed by atoms with van der Waals surface area (Å²) >= 11 is 0. The normalized spacial score (nSPS) is 29.6. The number of fused-ring (bicyclic) bond motifs is 2. The van der Waals surface area contributed by atoms with Gasteiger partial charge < -0.3 is 15.1 Å². The number of hydrogen-bond donors (Lipinski definition) is 1. The molecule has 2 atom stereocenters. The lowest BCUT2D eigenvalue weighted by Gasteiger charge is -2.40. The molecule has 0 amide bonds. The van der Waals surface area contributed by atoms with Gasteiger partial charge in [-0.25, -0.2) is 0 Å². The van der Waals surface area contributed by atoms with Crippen molar-refractivity contribution in [1.82, 2.24) is 5.32 Å². The van der Waals surface area contributed by atoms with Crippen molar-refractivity contribution in [1.29, 1.82) is 0 Å². The van der Waals surface area contributed by atoms with Gasteiger partial charge >= 0.3 is 0 Å². The second kappa shape index (κ2) is 5.04. The molecule has 19 heavy (non-hydrogen) atoms. The average molecular weight is 259 g/mol. The van der Waals surface area contributed by atoms with Crippen LogP contribution in [0.1, 0.15) is 25.7 Å². The molecule has 2 aliphatic rings. The summed E-state index contributed by atoms with van der Waals surface area (Å²) < 4.78 is 0. The van der Waals surface area contributed by atoms with Gasteiger partial charge in [-0.2, -0.15) is 0 Å². The largest absolute Gasteiger partial charge is 0.378 e. The zero-order valence-corrected chi connectivity index (χ0v) is 12.3. The van der Waals surface area contributed by atoms with Crippen molar-refractivity contribution in [3.63, 3.8) is 0 Å². The van der Waals surface area contributed by atoms with E-state index < -0.39 is 0 Å². The molecule has 2 fully saturated rings. The van der Waals surface area contributed by atoms with E-state index in [0.29, 0.717) is 6.04 Å². The van der Waals surface area contributed by atoms with Crippen molar-refractivity contribution in [2.24, 2.45) is 0 Å². The lowest BCUT2D eigenvalue weighted by molar-refractivity contribution is 0.374. The Labute approximate surface area is 116 Å². The zero-order valence-electron chi connectivity index (χ0n) is 12.3. The summed E-state index contributed by atoms with van der Waals surface area (Å²) in [5.74, 6) is 0. The molecule has 1 aromatic carbocycles. The van der Waals surface area contributed by atoms with Crippen LogP contribution in [0.2, 0.25) is 0 Å². The average Bonchev–Trinajstić information content (AvgIpc) is 2.69. The zero-order chi connectivity index (χ0) is 13.4. The highest BCUT2D eigenvalue weighted by molar-refractivity contribution is 5.60. The second-order valence-electron chi connectivity index (χ2n) is 6.16. The molecule has 1 N–H and O–H groups in total. The van der Waals surface area contributed by atoms with Gasteiger partial charge in [0.25, 0.3) is 0 Å². The third kappa shape index (κ3) is 2.32. The molecule has 3 rings (SSSR count). The molecule has 104 valence electrons. The highest BCUT2D eigenvalue weighted by atomic mass is 15.2. The molecule has 2 bridgehead atoms. The maximum atomic E-state index is 3.47. The number of nitrogens with zero attached hydrogens (tertiary/aromatic N) is 2. The predicted molar refractivity (Wildman–Crippen MR) is 82.1 cm³/mol. The lowest BCUT2D eigenvalue weighted by Crippen LogP contribution is -2.48. The summed E-state index contributed by atoms with van der Waals surface area (Å²) in [6.45, 7) is 0. The topological polar surface area (TPSA) is 18.5 Å². The third-order valence-electron chi connectivity index (χ3n) is 4.79. The predicted octanol–water partition coefficient (Wildman–Crippen LogP) is 2.47. The van der Waals surface area contributed by atoms with Crippen molar-refractivity contribution in [3.05, 3.63) is 24.3 Å². The molecule has 1 aromatic rings. The van der Waals surface area contributed by atoms with E-state index in [-0.39, 0.29) is 0 Å². The Balaban J connectivity index is 1.85. The van der Waals surface area contributed by atoms with Crippen LogP contribution >= 0.6 is 0 Å². The van der Waals surface area contributed by atoms with Gasteiger partial charge in [-0.1, -0.05) is 6.07 Å². The lowest BCUT2D eigenvalue weighted by atomic mass is 9.96. The fourth-order valence-electron chi connectivity index (χ4n) is 3.77. The summed E-state index contributed by atoms with van der Waals surface area (Å²) in [6.07, 6.45) is 5.29. The monoisotopic (exact) mass is 259 g/mol. The van der Waals surface area contributed by atoms with Crippen molar-refractivity contribution in [2.75, 3.05) is 30.9 Å². The van der Waals surface area contributed by atoms with Crippen LogP contribution in [0.5, 0.6) is 0 Å². The van der Waals surface area contributed by atoms with Gasteiger partial charge in [-0.05, 0) is 50.9 Å². The first-order valence-electron chi connectivity index (χ1n) is 7.42. The third-order valence-corrected chi connectivity index (χ3v) is 4.79. The first-order chi connectivity index (χ1) is 9.19. The molecule has 0 spiro atoms. The van der Waals surface area contributed by atoms with E-state index >= 15 is 0 Å². The molecule has 2 heterocycles. The van der Waals surface area contributed by atoms with Crippen LogP contribution in [0.25, 0.3) is 0 Å². The standard InChI is InChI=1S/C16H25N3/c1-17-12-9-15-7-8-16(10-12)19(15)14-6-4-5-13(11-14)18(2)3/h4-6,11-12,15-17H,7-10H2,1-3H3. The molecule has 2 unspecified atom stereocenters. The molecular formula is C16H25N3. The SMILES string of the molecule is CNC1CC2CCC(C1)N2c1cccc(N(C)C)c1. The fourth-order valence-corrected chi connectivity index (χ4v) is 3.77. The van der Waals surface area contributed by atoms with Gasteiger partial charge in [0.1, 0.15) is 0 Å². The Hall–Kier alpha value is -1.22. The van der Waals surface area contributed by atoms with E-state index in [1.165, 1.54) is 37.1 Å². The minimum atomic E-state index is 0.714. The summed E-state index contributed by atoms with van der Waals surface area (Å²) in [5, 5.41) is 3.47. The minimum absolute atomic E-state index is 0.714. The molecule has 3 heteroatoms. The van der Waals surface area contributed by atoms with Crippen LogP contribution in [0.4, 0.5) is 11.4 Å².